The number of thioether (sulfide) groups is 1. The quantitative estimate of drug-likeness (QED) is 0.813. The van der Waals surface area contributed by atoms with Gasteiger partial charge in [0.15, 0.2) is 5.17 Å². The Kier molecular flexibility index (Phi) is 2.81. The highest BCUT2D eigenvalue weighted by atomic mass is 32.2. The van der Waals surface area contributed by atoms with Crippen LogP contribution in [0.3, 0.4) is 0 Å². The van der Waals surface area contributed by atoms with E-state index in [0.717, 1.165) is 19.5 Å². The molecule has 0 fully saturated rings. The molecule has 2 aliphatic rings. The number of hydrogen-bond acceptors (Lipinski definition) is 3. The minimum Gasteiger partial charge on any atom is -0.318 e. The smallest absolute Gasteiger partial charge is 0.168 e. The minimum absolute atomic E-state index is 0.924. The Morgan fingerprint density at radius 3 is 2.90 bits per heavy atom. The largest absolute Gasteiger partial charge is 0.318 e. The van der Waals surface area contributed by atoms with Crippen molar-refractivity contribution < 1.29 is 0 Å². The predicted octanol–water partition coefficient (Wildman–Crippen LogP) is 4.34. The molecule has 0 spiro atoms. The third kappa shape index (κ3) is 1.70. The summed E-state index contributed by atoms with van der Waals surface area (Å²) in [6.45, 7) is 4.17. The number of hydrogen-bond donors (Lipinski definition) is 0. The molecule has 4 rings (SSSR count). The average Bonchev–Trinajstić information content (AvgIpc) is 3.06. The number of allylic oxidation sites excluding steroid dienone is 1. The highest BCUT2D eigenvalue weighted by Crippen LogP contribution is 2.44. The number of rotatable bonds is 2. The zero-order valence-corrected chi connectivity index (χ0v) is 12.3. The molecule has 0 saturated carbocycles. The molecule has 2 aliphatic heterocycles. The minimum atomic E-state index is 0.924. The fraction of sp³-hybridized carbons (Fsp3) is 0.235. The normalized spacial score (nSPS) is 17.9. The maximum atomic E-state index is 4.62. The van der Waals surface area contributed by atoms with E-state index in [1.807, 2.05) is 11.8 Å². The van der Waals surface area contributed by atoms with Crippen molar-refractivity contribution in [3.63, 3.8) is 0 Å². The molecule has 0 N–H and O–H groups in total. The highest BCUT2D eigenvalue weighted by Gasteiger charge is 2.32. The SMILES string of the molecule is CCC1=C(c2cccc3ccccc23)N2CCN=C2S1. The van der Waals surface area contributed by atoms with Crippen molar-refractivity contribution >= 4 is 33.4 Å². The van der Waals surface area contributed by atoms with Crippen LogP contribution in [0, 0.1) is 0 Å². The fourth-order valence-corrected chi connectivity index (χ4v) is 4.13. The van der Waals surface area contributed by atoms with Crippen molar-refractivity contribution in [2.24, 2.45) is 4.99 Å². The van der Waals surface area contributed by atoms with Crippen LogP contribution in [0.25, 0.3) is 16.5 Å². The first kappa shape index (κ1) is 12.0. The van der Waals surface area contributed by atoms with E-state index < -0.39 is 0 Å². The van der Waals surface area contributed by atoms with Crippen LogP contribution in [0.15, 0.2) is 52.4 Å². The van der Waals surface area contributed by atoms with Gasteiger partial charge < -0.3 is 4.90 Å². The van der Waals surface area contributed by atoms with Crippen molar-refractivity contribution in [3.8, 4) is 0 Å². The molecule has 0 radical (unpaired) electrons. The van der Waals surface area contributed by atoms with Gasteiger partial charge in [0, 0.05) is 17.0 Å². The van der Waals surface area contributed by atoms with Gasteiger partial charge in [-0.05, 0) is 17.2 Å². The second kappa shape index (κ2) is 4.67. The van der Waals surface area contributed by atoms with E-state index in [1.165, 1.54) is 32.1 Å². The predicted molar refractivity (Wildman–Crippen MR) is 87.8 cm³/mol. The summed E-state index contributed by atoms with van der Waals surface area (Å²) in [5.41, 5.74) is 2.73. The zero-order valence-electron chi connectivity index (χ0n) is 11.5. The number of amidine groups is 1. The fourth-order valence-electron chi connectivity index (χ4n) is 3.00. The number of fused-ring (bicyclic) bond motifs is 2. The standard InChI is InChI=1S/C17H16N2S/c1-2-15-16(19-11-10-18-17(19)20-15)14-9-5-7-12-6-3-4-8-13(12)14/h3-9H,2,10-11H2,1H3. The van der Waals surface area contributed by atoms with Crippen LogP contribution in [-0.4, -0.2) is 23.2 Å². The highest BCUT2D eigenvalue weighted by molar-refractivity contribution is 8.17. The first-order valence-electron chi connectivity index (χ1n) is 7.09. The maximum absolute atomic E-state index is 4.62. The van der Waals surface area contributed by atoms with Crippen LogP contribution in [0.1, 0.15) is 18.9 Å². The van der Waals surface area contributed by atoms with E-state index in [0.29, 0.717) is 0 Å². The number of nitrogens with zero attached hydrogens (tertiary/aromatic N) is 2. The molecule has 0 amide bonds. The Morgan fingerprint density at radius 2 is 2.00 bits per heavy atom. The van der Waals surface area contributed by atoms with Crippen LogP contribution in [0.2, 0.25) is 0 Å². The second-order valence-electron chi connectivity index (χ2n) is 5.07. The van der Waals surface area contributed by atoms with E-state index in [-0.39, 0.29) is 0 Å². The average molecular weight is 280 g/mol. The monoisotopic (exact) mass is 280 g/mol. The topological polar surface area (TPSA) is 15.6 Å². The van der Waals surface area contributed by atoms with Gasteiger partial charge in [-0.3, -0.25) is 4.99 Å². The Bertz CT molecular complexity index is 740. The van der Waals surface area contributed by atoms with Gasteiger partial charge in [-0.2, -0.15) is 0 Å². The van der Waals surface area contributed by atoms with E-state index in [9.17, 15) is 0 Å². The van der Waals surface area contributed by atoms with Gasteiger partial charge >= 0.3 is 0 Å². The molecule has 2 aromatic carbocycles. The molecule has 100 valence electrons. The molecule has 0 saturated heterocycles. The zero-order chi connectivity index (χ0) is 13.5. The molecule has 0 atom stereocenters. The molecule has 0 unspecified atom stereocenters. The lowest BCUT2D eigenvalue weighted by Gasteiger charge is -2.19. The van der Waals surface area contributed by atoms with Gasteiger partial charge in [0.05, 0.1) is 12.2 Å². The van der Waals surface area contributed by atoms with Gasteiger partial charge in [0.2, 0.25) is 0 Å². The summed E-state index contributed by atoms with van der Waals surface area (Å²) in [6.07, 6.45) is 1.07. The Balaban J connectivity index is 1.96. The summed E-state index contributed by atoms with van der Waals surface area (Å²) in [7, 11) is 0. The van der Waals surface area contributed by atoms with Crippen LogP contribution in [0.4, 0.5) is 0 Å². The summed E-state index contributed by atoms with van der Waals surface area (Å²) in [6, 6.07) is 15.2. The molecule has 0 aliphatic carbocycles. The van der Waals surface area contributed by atoms with Gasteiger partial charge in [0.1, 0.15) is 0 Å². The second-order valence-corrected chi connectivity index (χ2v) is 6.13. The summed E-state index contributed by atoms with van der Waals surface area (Å²) in [4.78, 5) is 8.45. The van der Waals surface area contributed by atoms with Crippen molar-refractivity contribution in [2.45, 2.75) is 13.3 Å². The van der Waals surface area contributed by atoms with Crippen molar-refractivity contribution in [2.75, 3.05) is 13.1 Å². The Morgan fingerprint density at radius 1 is 1.15 bits per heavy atom. The summed E-state index contributed by atoms with van der Waals surface area (Å²) < 4.78 is 0. The number of aliphatic imine (C=N–C) groups is 1. The van der Waals surface area contributed by atoms with E-state index in [4.69, 9.17) is 0 Å². The Labute approximate surface area is 123 Å². The third-order valence-corrected chi connectivity index (χ3v) is 5.18. The van der Waals surface area contributed by atoms with Crippen molar-refractivity contribution in [1.29, 1.82) is 0 Å². The summed E-state index contributed by atoms with van der Waals surface area (Å²) >= 11 is 1.85. The summed E-state index contributed by atoms with van der Waals surface area (Å²) in [5.74, 6) is 0. The lowest BCUT2D eigenvalue weighted by atomic mass is 10.0. The van der Waals surface area contributed by atoms with Crippen molar-refractivity contribution in [3.05, 3.63) is 52.9 Å². The molecule has 0 bridgehead atoms. The van der Waals surface area contributed by atoms with Crippen LogP contribution >= 0.6 is 11.8 Å². The molecule has 3 heteroatoms. The van der Waals surface area contributed by atoms with Crippen LogP contribution < -0.4 is 0 Å². The first-order chi connectivity index (χ1) is 9.88. The molecule has 2 nitrogen and oxygen atoms in total. The summed E-state index contributed by atoms with van der Waals surface area (Å²) in [5, 5.41) is 3.83. The molecule has 20 heavy (non-hydrogen) atoms. The van der Waals surface area contributed by atoms with Gasteiger partial charge in [-0.1, -0.05) is 61.2 Å². The van der Waals surface area contributed by atoms with Crippen molar-refractivity contribution in [1.82, 2.24) is 4.90 Å². The van der Waals surface area contributed by atoms with Gasteiger partial charge in [-0.15, -0.1) is 0 Å². The van der Waals surface area contributed by atoms with Gasteiger partial charge in [-0.25, -0.2) is 0 Å². The molecule has 2 heterocycles. The van der Waals surface area contributed by atoms with Crippen LogP contribution in [-0.2, 0) is 0 Å². The van der Waals surface area contributed by atoms with Crippen LogP contribution in [0.5, 0.6) is 0 Å². The van der Waals surface area contributed by atoms with Gasteiger partial charge in [0.25, 0.3) is 0 Å². The lowest BCUT2D eigenvalue weighted by Crippen LogP contribution is -2.20. The first-order valence-corrected chi connectivity index (χ1v) is 7.91. The van der Waals surface area contributed by atoms with E-state index in [2.05, 4.69) is 59.3 Å². The number of benzene rings is 2. The third-order valence-electron chi connectivity index (χ3n) is 3.92. The lowest BCUT2D eigenvalue weighted by molar-refractivity contribution is 0.647. The molecular weight excluding hydrogens is 264 g/mol. The Hall–Kier alpha value is -1.74. The van der Waals surface area contributed by atoms with E-state index >= 15 is 0 Å². The van der Waals surface area contributed by atoms with E-state index in [1.54, 1.807) is 0 Å². The molecule has 2 aromatic rings. The molecular formula is C17H16N2S. The maximum Gasteiger partial charge on any atom is 0.168 e. The molecule has 0 aromatic heterocycles.